The Balaban J connectivity index is 4.48. The van der Waals surface area contributed by atoms with Crippen LogP contribution in [0.1, 0.15) is 66.2 Å². The van der Waals surface area contributed by atoms with E-state index < -0.39 is 5.97 Å². The summed E-state index contributed by atoms with van der Waals surface area (Å²) in [5.41, 5.74) is 4.48. The lowest BCUT2D eigenvalue weighted by Gasteiger charge is -2.36. The van der Waals surface area contributed by atoms with Gasteiger partial charge in [-0.25, -0.2) is 4.79 Å². The van der Waals surface area contributed by atoms with E-state index in [1.165, 1.54) is 0 Å². The molecule has 0 fully saturated rings. The molecule has 10 nitrogen and oxygen atoms in total. The van der Waals surface area contributed by atoms with Crippen molar-refractivity contribution < 1.29 is 33.6 Å². The number of amides is 2. The molecule has 0 aromatic rings. The van der Waals surface area contributed by atoms with Gasteiger partial charge in [-0.05, 0) is 38.5 Å². The average molecular weight is 446 g/mol. The molecule has 1 radical (unpaired) electrons. The van der Waals surface area contributed by atoms with Gasteiger partial charge < -0.3 is 40.2 Å². The van der Waals surface area contributed by atoms with Gasteiger partial charge in [-0.15, -0.1) is 0 Å². The Kier molecular flexibility index (Phi) is 16.4. The van der Waals surface area contributed by atoms with Crippen LogP contribution in [0.3, 0.4) is 0 Å². The molecule has 0 aliphatic heterocycles. The Hall–Kier alpha value is -1.40. The third-order valence-electron chi connectivity index (χ3n) is 5.64. The second kappa shape index (κ2) is 17.2. The van der Waals surface area contributed by atoms with Crippen molar-refractivity contribution in [2.45, 2.75) is 77.4 Å². The third kappa shape index (κ3) is 12.9. The molecule has 0 aromatic heterocycles. The molecule has 11 heteroatoms. The predicted molar refractivity (Wildman–Crippen MR) is 119 cm³/mol. The van der Waals surface area contributed by atoms with E-state index in [0.717, 1.165) is 39.7 Å². The predicted octanol–water partition coefficient (Wildman–Crippen LogP) is 1.78. The number of carbonyl (C=O) groups excluding carboxylic acids is 1. The van der Waals surface area contributed by atoms with E-state index >= 15 is 0 Å². The van der Waals surface area contributed by atoms with Crippen LogP contribution in [-0.4, -0.2) is 75.6 Å². The van der Waals surface area contributed by atoms with E-state index in [1.54, 1.807) is 0 Å². The normalized spacial score (nSPS) is 11.9. The zero-order valence-electron chi connectivity index (χ0n) is 19.5. The maximum atomic E-state index is 11.6. The molecular formula is C20H41BN3O7. The van der Waals surface area contributed by atoms with Crippen LogP contribution in [0.25, 0.3) is 0 Å². The van der Waals surface area contributed by atoms with Crippen LogP contribution >= 0.6 is 0 Å². The van der Waals surface area contributed by atoms with Crippen LogP contribution in [0.4, 0.5) is 4.79 Å². The Morgan fingerprint density at radius 3 is 2.00 bits per heavy atom. The molecule has 0 heterocycles. The molecule has 0 aromatic carbocycles. The standard InChI is InChI=1S/C20H41BN3O7/c1-5-19(6-2,9-12-28-15-17(25)26)29-13-10-20(7-3,8-4)30-14-11-23-18(27)24-21-31-16-22/h5-16,22H2,1-4H3,(H,25,26)(H2,23,24,27). The van der Waals surface area contributed by atoms with E-state index in [9.17, 15) is 9.59 Å². The van der Waals surface area contributed by atoms with E-state index in [2.05, 4.69) is 38.2 Å². The lowest BCUT2D eigenvalue weighted by atomic mass is 9.91. The van der Waals surface area contributed by atoms with Gasteiger partial charge in [0.25, 0.3) is 0 Å². The van der Waals surface area contributed by atoms with Crippen LogP contribution < -0.4 is 16.3 Å². The van der Waals surface area contributed by atoms with Crippen LogP contribution in [0.2, 0.25) is 0 Å². The highest BCUT2D eigenvalue weighted by Gasteiger charge is 2.31. The lowest BCUT2D eigenvalue weighted by Crippen LogP contribution is -2.42. The van der Waals surface area contributed by atoms with Gasteiger partial charge in [0.15, 0.2) is 0 Å². The molecule has 181 valence electrons. The molecule has 5 N–H and O–H groups in total. The molecule has 0 saturated carbocycles. The average Bonchev–Trinajstić information content (AvgIpc) is 2.77. The maximum Gasteiger partial charge on any atom is 0.440 e. The number of hydrogen-bond acceptors (Lipinski definition) is 7. The zero-order chi connectivity index (χ0) is 23.6. The first kappa shape index (κ1) is 29.6. The smallest absolute Gasteiger partial charge is 0.440 e. The summed E-state index contributed by atoms with van der Waals surface area (Å²) in [5, 5.41) is 13.8. The second-order valence-corrected chi connectivity index (χ2v) is 7.27. The number of nitrogens with one attached hydrogen (secondary N) is 2. The zero-order valence-corrected chi connectivity index (χ0v) is 19.5. The fourth-order valence-corrected chi connectivity index (χ4v) is 3.26. The minimum atomic E-state index is -0.971. The summed E-state index contributed by atoms with van der Waals surface area (Å²) in [6, 6.07) is -0.389. The van der Waals surface area contributed by atoms with Gasteiger partial charge in [-0.3, -0.25) is 4.79 Å². The van der Waals surface area contributed by atoms with Crippen molar-refractivity contribution in [2.24, 2.45) is 5.73 Å². The Morgan fingerprint density at radius 1 is 0.935 bits per heavy atom. The molecule has 0 atom stereocenters. The molecule has 0 bridgehead atoms. The highest BCUT2D eigenvalue weighted by atomic mass is 16.5. The first-order chi connectivity index (χ1) is 14.8. The largest absolute Gasteiger partial charge is 0.480 e. The lowest BCUT2D eigenvalue weighted by molar-refractivity contribution is -0.144. The molecule has 31 heavy (non-hydrogen) atoms. The highest BCUT2D eigenvalue weighted by molar-refractivity contribution is 6.29. The highest BCUT2D eigenvalue weighted by Crippen LogP contribution is 2.29. The summed E-state index contributed by atoms with van der Waals surface area (Å²) >= 11 is 0. The number of aliphatic carboxylic acids is 1. The minimum absolute atomic E-state index is 0.00626. The van der Waals surface area contributed by atoms with Gasteiger partial charge in [-0.1, -0.05) is 27.7 Å². The van der Waals surface area contributed by atoms with Crippen LogP contribution in [-0.2, 0) is 23.7 Å². The van der Waals surface area contributed by atoms with Gasteiger partial charge in [0.1, 0.15) is 6.61 Å². The number of urea groups is 1. The SMILES string of the molecule is CCC(CC)(CCOCC(=O)O)OCCC(CC)(CC)OCCNC(=O)N[B]OCN. The van der Waals surface area contributed by atoms with Gasteiger partial charge in [0, 0.05) is 6.54 Å². The van der Waals surface area contributed by atoms with E-state index in [0.29, 0.717) is 32.8 Å². The summed E-state index contributed by atoms with van der Waals surface area (Å²) in [6.07, 6.45) is 4.64. The molecule has 0 unspecified atom stereocenters. The van der Waals surface area contributed by atoms with E-state index in [-0.39, 0.29) is 30.6 Å². The number of carboxylic acids is 1. The van der Waals surface area contributed by atoms with E-state index in [1.807, 2.05) is 0 Å². The van der Waals surface area contributed by atoms with Gasteiger partial charge >= 0.3 is 19.6 Å². The van der Waals surface area contributed by atoms with E-state index in [4.69, 9.17) is 29.7 Å². The van der Waals surface area contributed by atoms with Gasteiger partial charge in [0.05, 0.1) is 37.8 Å². The number of nitrogens with two attached hydrogens (primary N) is 1. The number of ether oxygens (including phenoxy) is 3. The fraction of sp³-hybridized carbons (Fsp3) is 0.900. The summed E-state index contributed by atoms with van der Waals surface area (Å²) < 4.78 is 22.3. The second-order valence-electron chi connectivity index (χ2n) is 7.27. The molecule has 2 amide bonds. The van der Waals surface area contributed by atoms with Crippen LogP contribution in [0, 0.1) is 0 Å². The third-order valence-corrected chi connectivity index (χ3v) is 5.64. The van der Waals surface area contributed by atoms with Crippen LogP contribution in [0.15, 0.2) is 0 Å². The number of rotatable bonds is 20. The maximum absolute atomic E-state index is 11.6. The first-order valence-corrected chi connectivity index (χ1v) is 11.1. The Bertz CT molecular complexity index is 489. The monoisotopic (exact) mass is 446 g/mol. The summed E-state index contributed by atoms with van der Waals surface area (Å²) in [6.45, 7) is 9.60. The summed E-state index contributed by atoms with van der Waals surface area (Å²) in [7, 11) is 1.14. The number of carbonyl (C=O) groups is 2. The van der Waals surface area contributed by atoms with Crippen molar-refractivity contribution in [3.8, 4) is 0 Å². The summed E-state index contributed by atoms with van der Waals surface area (Å²) in [4.78, 5) is 22.2. The van der Waals surface area contributed by atoms with Crippen molar-refractivity contribution in [2.75, 3.05) is 39.7 Å². The van der Waals surface area contributed by atoms with Gasteiger partial charge in [0.2, 0.25) is 0 Å². The van der Waals surface area contributed by atoms with Crippen molar-refractivity contribution in [3.05, 3.63) is 0 Å². The molecular weight excluding hydrogens is 405 g/mol. The quantitative estimate of drug-likeness (QED) is 0.126. The van der Waals surface area contributed by atoms with Crippen LogP contribution in [0.5, 0.6) is 0 Å². The van der Waals surface area contributed by atoms with Gasteiger partial charge in [-0.2, -0.15) is 0 Å². The molecule has 0 aliphatic carbocycles. The molecule has 0 aliphatic rings. The Morgan fingerprint density at radius 2 is 1.48 bits per heavy atom. The summed E-state index contributed by atoms with van der Waals surface area (Å²) in [5.74, 6) is -0.971. The topological polar surface area (TPSA) is 141 Å². The molecule has 0 spiro atoms. The van der Waals surface area contributed by atoms with Crippen molar-refractivity contribution in [1.82, 2.24) is 10.5 Å². The number of carboxylic acid groups (broad SMARTS) is 1. The minimum Gasteiger partial charge on any atom is -0.480 e. The molecule has 0 rings (SSSR count). The number of hydrogen-bond donors (Lipinski definition) is 4. The molecule has 0 saturated heterocycles. The first-order valence-electron chi connectivity index (χ1n) is 11.1. The van der Waals surface area contributed by atoms with Crippen molar-refractivity contribution in [3.63, 3.8) is 0 Å². The van der Waals surface area contributed by atoms with Crippen molar-refractivity contribution in [1.29, 1.82) is 0 Å². The fourth-order valence-electron chi connectivity index (χ4n) is 3.26. The Labute approximate surface area is 187 Å². The van der Waals surface area contributed by atoms with Crippen molar-refractivity contribution >= 4 is 19.6 Å².